The molecule has 6 rings (SSSR count). The molecule has 2 heterocycles. The zero-order valence-corrected chi connectivity index (χ0v) is 22.8. The van der Waals surface area contributed by atoms with E-state index in [0.29, 0.717) is 18.6 Å². The van der Waals surface area contributed by atoms with Crippen LogP contribution in [-0.4, -0.2) is 38.6 Å². The Morgan fingerprint density at radius 3 is 1.54 bits per heavy atom. The van der Waals surface area contributed by atoms with E-state index in [1.807, 2.05) is 0 Å². The first-order valence-corrected chi connectivity index (χ1v) is 14.7. The van der Waals surface area contributed by atoms with Gasteiger partial charge in [-0.25, -0.2) is 0 Å². The topological polar surface area (TPSA) is 43.5 Å². The monoisotopic (exact) mass is 504 g/mol. The Morgan fingerprint density at radius 1 is 0.676 bits per heavy atom. The maximum absolute atomic E-state index is 5.96. The molecule has 2 saturated carbocycles. The summed E-state index contributed by atoms with van der Waals surface area (Å²) < 4.78 is 22.5. The minimum atomic E-state index is 0.0371. The van der Waals surface area contributed by atoms with Crippen molar-refractivity contribution in [1.29, 1.82) is 0 Å². The maximum atomic E-state index is 5.96. The highest BCUT2D eigenvalue weighted by atomic mass is 16.6. The lowest BCUT2D eigenvalue weighted by atomic mass is 9.55. The third-order valence-electron chi connectivity index (χ3n) is 10.0. The quantitative estimate of drug-likeness (QED) is 0.318. The van der Waals surface area contributed by atoms with Crippen molar-refractivity contribution in [3.63, 3.8) is 0 Å². The molecule has 2 aliphatic heterocycles. The van der Waals surface area contributed by atoms with Crippen LogP contribution in [0.5, 0.6) is 11.5 Å². The van der Waals surface area contributed by atoms with Crippen molar-refractivity contribution < 1.29 is 18.9 Å². The Kier molecular flexibility index (Phi) is 7.24. The van der Waals surface area contributed by atoms with Gasteiger partial charge < -0.3 is 18.9 Å². The van der Waals surface area contributed by atoms with Crippen LogP contribution in [0.4, 0.5) is 0 Å². The minimum absolute atomic E-state index is 0.0371. The maximum Gasteiger partial charge on any atom is 0.119 e. The average Bonchev–Trinajstić information content (AvgIpc) is 3.88. The zero-order chi connectivity index (χ0) is 25.3. The van der Waals surface area contributed by atoms with Gasteiger partial charge in [0.25, 0.3) is 0 Å². The minimum Gasteiger partial charge on any atom is -0.491 e. The largest absolute Gasteiger partial charge is 0.491 e. The van der Waals surface area contributed by atoms with Crippen LogP contribution in [0.2, 0.25) is 0 Å². The summed E-state index contributed by atoms with van der Waals surface area (Å²) in [6, 6.07) is 17.9. The SMILES string of the molecule is CC(C)(C1CCCCC1)C1CCC(c2ccc(OCC3CO3)cc2)(c2ccc(OCC3CO3)cc2)CC1. The first kappa shape index (κ1) is 25.2. The van der Waals surface area contributed by atoms with Crippen LogP contribution < -0.4 is 9.47 Å². The van der Waals surface area contributed by atoms with Crippen LogP contribution in [0.15, 0.2) is 48.5 Å². The van der Waals surface area contributed by atoms with E-state index in [-0.39, 0.29) is 17.6 Å². The number of benzene rings is 2. The molecule has 2 aromatic rings. The molecule has 37 heavy (non-hydrogen) atoms. The fourth-order valence-electron chi connectivity index (χ4n) is 7.23. The Balaban J connectivity index is 1.22. The number of epoxide rings is 2. The molecule has 0 N–H and O–H groups in total. The van der Waals surface area contributed by atoms with Crippen molar-refractivity contribution in [2.75, 3.05) is 26.4 Å². The first-order chi connectivity index (χ1) is 18.0. The summed E-state index contributed by atoms with van der Waals surface area (Å²) in [5.41, 5.74) is 3.29. The third kappa shape index (κ3) is 5.71. The van der Waals surface area contributed by atoms with E-state index in [9.17, 15) is 0 Å². The van der Waals surface area contributed by atoms with Crippen molar-refractivity contribution in [2.24, 2.45) is 17.3 Å². The van der Waals surface area contributed by atoms with E-state index in [4.69, 9.17) is 18.9 Å². The fourth-order valence-corrected chi connectivity index (χ4v) is 7.23. The molecule has 0 aromatic heterocycles. The molecule has 4 nitrogen and oxygen atoms in total. The number of hydrogen-bond acceptors (Lipinski definition) is 4. The molecule has 2 atom stereocenters. The lowest BCUT2D eigenvalue weighted by Gasteiger charge is -2.49. The van der Waals surface area contributed by atoms with Gasteiger partial charge in [-0.1, -0.05) is 57.4 Å². The summed E-state index contributed by atoms with van der Waals surface area (Å²) in [5, 5.41) is 0. The molecule has 0 radical (unpaired) electrons. The van der Waals surface area contributed by atoms with E-state index in [1.165, 1.54) is 68.9 Å². The molecule has 4 heteroatoms. The number of hydrogen-bond donors (Lipinski definition) is 0. The zero-order valence-electron chi connectivity index (χ0n) is 22.8. The molecule has 4 aliphatic rings. The molecule has 0 spiro atoms. The van der Waals surface area contributed by atoms with Crippen LogP contribution in [0.25, 0.3) is 0 Å². The Bertz CT molecular complexity index is 944. The van der Waals surface area contributed by atoms with Crippen molar-refractivity contribution in [1.82, 2.24) is 0 Å². The summed E-state index contributed by atoms with van der Waals surface area (Å²) >= 11 is 0. The van der Waals surface area contributed by atoms with Crippen molar-refractivity contribution >= 4 is 0 Å². The summed E-state index contributed by atoms with van der Waals surface area (Å²) in [6.45, 7) is 8.10. The summed E-state index contributed by atoms with van der Waals surface area (Å²) in [6.07, 6.45) is 12.7. The molecule has 4 fully saturated rings. The van der Waals surface area contributed by atoms with Gasteiger partial charge in [0, 0.05) is 5.41 Å². The highest BCUT2D eigenvalue weighted by molar-refractivity contribution is 5.44. The van der Waals surface area contributed by atoms with Gasteiger partial charge in [-0.3, -0.25) is 0 Å². The van der Waals surface area contributed by atoms with Gasteiger partial charge in [0.1, 0.15) is 36.9 Å². The Hall–Kier alpha value is -2.04. The van der Waals surface area contributed by atoms with E-state index >= 15 is 0 Å². The predicted molar refractivity (Wildman–Crippen MR) is 146 cm³/mol. The van der Waals surface area contributed by atoms with E-state index < -0.39 is 0 Å². The normalized spacial score (nSPS) is 30.1. The van der Waals surface area contributed by atoms with Gasteiger partial charge in [-0.05, 0) is 91.2 Å². The lowest BCUT2D eigenvalue weighted by molar-refractivity contribution is 0.0467. The van der Waals surface area contributed by atoms with Crippen molar-refractivity contribution in [3.05, 3.63) is 59.7 Å². The second kappa shape index (κ2) is 10.6. The van der Waals surface area contributed by atoms with Gasteiger partial charge in [0.2, 0.25) is 0 Å². The van der Waals surface area contributed by atoms with Crippen LogP contribution in [0, 0.1) is 17.3 Å². The fraction of sp³-hybridized carbons (Fsp3) is 0.636. The molecule has 2 saturated heterocycles. The molecule has 2 aliphatic carbocycles. The van der Waals surface area contributed by atoms with E-state index in [0.717, 1.165) is 36.5 Å². The smallest absolute Gasteiger partial charge is 0.119 e. The van der Waals surface area contributed by atoms with Gasteiger partial charge in [0.05, 0.1) is 13.2 Å². The molecule has 200 valence electrons. The molecular formula is C33H44O4. The number of ether oxygens (including phenoxy) is 4. The summed E-state index contributed by atoms with van der Waals surface area (Å²) in [7, 11) is 0. The van der Waals surface area contributed by atoms with Crippen molar-refractivity contribution in [3.8, 4) is 11.5 Å². The second-order valence-electron chi connectivity index (χ2n) is 12.6. The second-order valence-corrected chi connectivity index (χ2v) is 12.6. The van der Waals surface area contributed by atoms with Gasteiger partial charge >= 0.3 is 0 Å². The molecule has 2 aromatic carbocycles. The van der Waals surface area contributed by atoms with Crippen LogP contribution in [0.1, 0.15) is 82.8 Å². The van der Waals surface area contributed by atoms with Gasteiger partial charge in [-0.2, -0.15) is 0 Å². The Morgan fingerprint density at radius 2 is 1.11 bits per heavy atom. The predicted octanol–water partition coefficient (Wildman–Crippen LogP) is 7.32. The van der Waals surface area contributed by atoms with E-state index in [2.05, 4.69) is 62.4 Å². The van der Waals surface area contributed by atoms with Crippen LogP contribution >= 0.6 is 0 Å². The summed E-state index contributed by atoms with van der Waals surface area (Å²) in [5.74, 6) is 3.56. The molecule has 0 amide bonds. The highest BCUT2D eigenvalue weighted by Crippen LogP contribution is 2.54. The van der Waals surface area contributed by atoms with Gasteiger partial charge in [0.15, 0.2) is 0 Å². The first-order valence-electron chi connectivity index (χ1n) is 14.7. The molecule has 2 unspecified atom stereocenters. The third-order valence-corrected chi connectivity index (χ3v) is 10.0. The lowest BCUT2D eigenvalue weighted by Crippen LogP contribution is -2.40. The van der Waals surface area contributed by atoms with Crippen molar-refractivity contribution in [2.45, 2.75) is 89.3 Å². The van der Waals surface area contributed by atoms with Gasteiger partial charge in [-0.15, -0.1) is 0 Å². The number of rotatable bonds is 10. The van der Waals surface area contributed by atoms with E-state index in [1.54, 1.807) is 0 Å². The Labute approximate surface area is 223 Å². The van der Waals surface area contributed by atoms with Crippen LogP contribution in [0.3, 0.4) is 0 Å². The van der Waals surface area contributed by atoms with Crippen LogP contribution in [-0.2, 0) is 14.9 Å². The highest BCUT2D eigenvalue weighted by Gasteiger charge is 2.45. The molecular weight excluding hydrogens is 460 g/mol. The average molecular weight is 505 g/mol. The standard InChI is InChI=1S/C33H44O4/c1-32(2,24-6-4-3-5-7-24)25-16-18-33(19-17-25,26-8-12-28(13-9-26)34-20-30-22-36-30)27-10-14-29(15-11-27)35-21-31-23-37-31/h8-15,24-25,30-31H,3-7,16-23H2,1-2H3. The summed E-state index contributed by atoms with van der Waals surface area (Å²) in [4.78, 5) is 0. The molecule has 0 bridgehead atoms.